The molecule has 1 aromatic heterocycles. The highest BCUT2D eigenvalue weighted by Crippen LogP contribution is 2.35. The molecule has 6 rings (SSSR count). The Labute approximate surface area is 144 Å². The van der Waals surface area contributed by atoms with Gasteiger partial charge in [-0.1, -0.05) is 48.5 Å². The molecule has 0 radical (unpaired) electrons. The second-order valence-corrected chi connectivity index (χ2v) is 6.78. The van der Waals surface area contributed by atoms with Crippen molar-refractivity contribution in [3.05, 3.63) is 84.9 Å². The van der Waals surface area contributed by atoms with Crippen molar-refractivity contribution in [3.63, 3.8) is 0 Å². The molecule has 1 heterocycles. The van der Waals surface area contributed by atoms with Crippen molar-refractivity contribution in [2.75, 3.05) is 0 Å². The van der Waals surface area contributed by atoms with Crippen LogP contribution in [0, 0.1) is 0 Å². The summed E-state index contributed by atoms with van der Waals surface area (Å²) >= 11 is 0. The zero-order valence-electron chi connectivity index (χ0n) is 13.6. The average molecular weight is 317 g/mol. The third-order valence-corrected chi connectivity index (χ3v) is 5.31. The molecule has 0 fully saturated rings. The van der Waals surface area contributed by atoms with Gasteiger partial charge in [-0.2, -0.15) is 0 Å². The Kier molecular flexibility index (Phi) is 2.40. The van der Waals surface area contributed by atoms with Crippen molar-refractivity contribution in [1.82, 2.24) is 4.98 Å². The van der Waals surface area contributed by atoms with Gasteiger partial charge in [-0.3, -0.25) is 0 Å². The van der Waals surface area contributed by atoms with Crippen LogP contribution in [0.2, 0.25) is 0 Å². The smallest absolute Gasteiger partial charge is 0.0471 e. The molecule has 0 saturated carbocycles. The van der Waals surface area contributed by atoms with E-state index in [1.807, 2.05) is 0 Å². The first-order chi connectivity index (χ1) is 12.4. The van der Waals surface area contributed by atoms with Crippen LogP contribution in [-0.4, -0.2) is 4.98 Å². The molecule has 0 aliphatic carbocycles. The van der Waals surface area contributed by atoms with Crippen molar-refractivity contribution in [2.24, 2.45) is 0 Å². The number of rotatable bonds is 0. The molecule has 1 N–H and O–H groups in total. The molecule has 0 aliphatic heterocycles. The lowest BCUT2D eigenvalue weighted by atomic mass is 9.97. The van der Waals surface area contributed by atoms with E-state index >= 15 is 0 Å². The second kappa shape index (κ2) is 4.61. The standard InChI is InChI=1S/C24H15N/c1-2-6-16-12-19-14-21-17(13-18(19)11-15(16)5-1)9-10-23-24(21)20-7-3-4-8-22(20)25-23/h1-14,25H. The van der Waals surface area contributed by atoms with Crippen LogP contribution in [0.15, 0.2) is 84.9 Å². The van der Waals surface area contributed by atoms with Crippen molar-refractivity contribution in [2.45, 2.75) is 0 Å². The Morgan fingerprint density at radius 2 is 1.12 bits per heavy atom. The fraction of sp³-hybridized carbons (Fsp3) is 0. The topological polar surface area (TPSA) is 15.8 Å². The number of H-pyrrole nitrogens is 1. The van der Waals surface area contributed by atoms with Crippen LogP contribution in [-0.2, 0) is 0 Å². The summed E-state index contributed by atoms with van der Waals surface area (Å²) in [4.78, 5) is 3.55. The van der Waals surface area contributed by atoms with E-state index in [2.05, 4.69) is 89.9 Å². The van der Waals surface area contributed by atoms with Crippen LogP contribution >= 0.6 is 0 Å². The van der Waals surface area contributed by atoms with Gasteiger partial charge in [-0.05, 0) is 68.7 Å². The summed E-state index contributed by atoms with van der Waals surface area (Å²) in [6.07, 6.45) is 0. The van der Waals surface area contributed by atoms with E-state index in [1.165, 1.54) is 54.1 Å². The van der Waals surface area contributed by atoms with Crippen LogP contribution in [0.25, 0.3) is 54.1 Å². The Morgan fingerprint density at radius 1 is 0.440 bits per heavy atom. The second-order valence-electron chi connectivity index (χ2n) is 6.78. The molecule has 1 heteroatoms. The molecule has 0 amide bonds. The quantitative estimate of drug-likeness (QED) is 0.297. The monoisotopic (exact) mass is 317 g/mol. The Bertz CT molecular complexity index is 1440. The fourth-order valence-corrected chi connectivity index (χ4v) is 4.12. The highest BCUT2D eigenvalue weighted by atomic mass is 14.7. The van der Waals surface area contributed by atoms with Gasteiger partial charge < -0.3 is 4.98 Å². The number of para-hydroxylation sites is 1. The summed E-state index contributed by atoms with van der Waals surface area (Å²) in [7, 11) is 0. The summed E-state index contributed by atoms with van der Waals surface area (Å²) in [6.45, 7) is 0. The van der Waals surface area contributed by atoms with Gasteiger partial charge in [0, 0.05) is 21.8 Å². The number of benzene rings is 5. The maximum atomic E-state index is 3.55. The van der Waals surface area contributed by atoms with E-state index in [4.69, 9.17) is 0 Å². The summed E-state index contributed by atoms with van der Waals surface area (Å²) in [5.74, 6) is 0. The van der Waals surface area contributed by atoms with Gasteiger partial charge in [-0.15, -0.1) is 0 Å². The van der Waals surface area contributed by atoms with E-state index in [0.29, 0.717) is 0 Å². The van der Waals surface area contributed by atoms with Gasteiger partial charge in [0.25, 0.3) is 0 Å². The Morgan fingerprint density at radius 3 is 1.96 bits per heavy atom. The van der Waals surface area contributed by atoms with Crippen LogP contribution < -0.4 is 0 Å². The lowest BCUT2D eigenvalue weighted by Gasteiger charge is -2.06. The van der Waals surface area contributed by atoms with Gasteiger partial charge in [0.1, 0.15) is 0 Å². The first-order valence-corrected chi connectivity index (χ1v) is 8.62. The van der Waals surface area contributed by atoms with E-state index in [-0.39, 0.29) is 0 Å². The molecule has 6 aromatic rings. The molecule has 5 aromatic carbocycles. The van der Waals surface area contributed by atoms with Crippen molar-refractivity contribution >= 4 is 54.1 Å². The van der Waals surface area contributed by atoms with Crippen LogP contribution in [0.5, 0.6) is 0 Å². The normalized spacial score (nSPS) is 12.0. The van der Waals surface area contributed by atoms with Gasteiger partial charge in [0.15, 0.2) is 0 Å². The zero-order valence-corrected chi connectivity index (χ0v) is 13.6. The van der Waals surface area contributed by atoms with Gasteiger partial charge >= 0.3 is 0 Å². The summed E-state index contributed by atoms with van der Waals surface area (Å²) < 4.78 is 0. The highest BCUT2D eigenvalue weighted by Gasteiger charge is 2.09. The Hall–Kier alpha value is -3.32. The molecule has 0 spiro atoms. The van der Waals surface area contributed by atoms with Gasteiger partial charge in [0.05, 0.1) is 0 Å². The maximum Gasteiger partial charge on any atom is 0.0471 e. The predicted molar refractivity (Wildman–Crippen MR) is 108 cm³/mol. The van der Waals surface area contributed by atoms with E-state index < -0.39 is 0 Å². The number of fused-ring (bicyclic) bond motifs is 7. The molecule has 25 heavy (non-hydrogen) atoms. The summed E-state index contributed by atoms with van der Waals surface area (Å²) in [5.41, 5.74) is 2.40. The molecule has 1 nitrogen and oxygen atoms in total. The number of hydrogen-bond donors (Lipinski definition) is 1. The van der Waals surface area contributed by atoms with Crippen molar-refractivity contribution in [3.8, 4) is 0 Å². The van der Waals surface area contributed by atoms with Crippen LogP contribution in [0.1, 0.15) is 0 Å². The lowest BCUT2D eigenvalue weighted by molar-refractivity contribution is 1.55. The molecule has 0 unspecified atom stereocenters. The van der Waals surface area contributed by atoms with Crippen LogP contribution in [0.4, 0.5) is 0 Å². The van der Waals surface area contributed by atoms with Crippen LogP contribution in [0.3, 0.4) is 0 Å². The first kappa shape index (κ1) is 13.0. The molecule has 0 saturated heterocycles. The fourth-order valence-electron chi connectivity index (χ4n) is 4.12. The number of aromatic amines is 1. The van der Waals surface area contributed by atoms with Crippen molar-refractivity contribution < 1.29 is 0 Å². The average Bonchev–Trinajstić information content (AvgIpc) is 3.04. The number of nitrogens with one attached hydrogen (secondary N) is 1. The molecule has 0 aliphatic rings. The minimum absolute atomic E-state index is 1.20. The van der Waals surface area contributed by atoms with E-state index in [0.717, 1.165) is 0 Å². The number of aromatic nitrogens is 1. The Balaban J connectivity index is 1.83. The third kappa shape index (κ3) is 1.78. The van der Waals surface area contributed by atoms with E-state index in [1.54, 1.807) is 0 Å². The lowest BCUT2D eigenvalue weighted by Crippen LogP contribution is -1.80. The maximum absolute atomic E-state index is 3.55. The molecular formula is C24H15N. The first-order valence-electron chi connectivity index (χ1n) is 8.62. The predicted octanol–water partition coefficient (Wildman–Crippen LogP) is 6.78. The SMILES string of the molecule is c1ccc2cc3cc4c(ccc5[nH]c6ccccc6c54)cc3cc2c1. The van der Waals surface area contributed by atoms with Gasteiger partial charge in [-0.25, -0.2) is 0 Å². The molecule has 0 atom stereocenters. The minimum Gasteiger partial charge on any atom is -0.354 e. The molecule has 0 bridgehead atoms. The zero-order chi connectivity index (χ0) is 16.4. The minimum atomic E-state index is 1.20. The van der Waals surface area contributed by atoms with Gasteiger partial charge in [0.2, 0.25) is 0 Å². The highest BCUT2D eigenvalue weighted by molar-refractivity contribution is 6.22. The summed E-state index contributed by atoms with van der Waals surface area (Å²) in [6, 6.07) is 30.8. The van der Waals surface area contributed by atoms with Crippen molar-refractivity contribution in [1.29, 1.82) is 0 Å². The molecule has 116 valence electrons. The number of hydrogen-bond acceptors (Lipinski definition) is 0. The van der Waals surface area contributed by atoms with E-state index in [9.17, 15) is 0 Å². The molecular weight excluding hydrogens is 302 g/mol. The third-order valence-electron chi connectivity index (χ3n) is 5.31. The summed E-state index contributed by atoms with van der Waals surface area (Å²) in [5, 5.41) is 10.4. The largest absolute Gasteiger partial charge is 0.354 e.